The molecule has 0 fully saturated rings. The molecule has 0 spiro atoms. The molecular formula is C23H29NO4. The van der Waals surface area contributed by atoms with E-state index >= 15 is 0 Å². The summed E-state index contributed by atoms with van der Waals surface area (Å²) >= 11 is 0. The summed E-state index contributed by atoms with van der Waals surface area (Å²) in [6, 6.07) is 13.4. The summed E-state index contributed by atoms with van der Waals surface area (Å²) in [6.07, 6.45) is 3.93. The molecule has 1 N–H and O–H groups in total. The van der Waals surface area contributed by atoms with Crippen molar-refractivity contribution < 1.29 is 19.0 Å². The number of carbonyl (C=O) groups excluding carboxylic acids is 1. The van der Waals surface area contributed by atoms with Gasteiger partial charge in [-0.2, -0.15) is 0 Å². The van der Waals surface area contributed by atoms with E-state index < -0.39 is 6.10 Å². The van der Waals surface area contributed by atoms with Crippen molar-refractivity contribution in [2.24, 2.45) is 0 Å². The number of hydrogen-bond donors (Lipinski definition) is 1. The molecule has 3 rings (SSSR count). The highest BCUT2D eigenvalue weighted by Gasteiger charge is 2.20. The Morgan fingerprint density at radius 3 is 2.50 bits per heavy atom. The molecule has 5 heteroatoms. The zero-order chi connectivity index (χ0) is 19.9. The molecule has 0 radical (unpaired) electrons. The zero-order valence-electron chi connectivity index (χ0n) is 16.9. The van der Waals surface area contributed by atoms with Gasteiger partial charge in [0.05, 0.1) is 13.2 Å². The van der Waals surface area contributed by atoms with Gasteiger partial charge in [-0.15, -0.1) is 0 Å². The molecule has 1 amide bonds. The van der Waals surface area contributed by atoms with Crippen molar-refractivity contribution in [3.63, 3.8) is 0 Å². The molecule has 2 atom stereocenters. The number of hydrogen-bond acceptors (Lipinski definition) is 4. The van der Waals surface area contributed by atoms with E-state index in [2.05, 4.69) is 11.4 Å². The standard InChI is InChI=1S/C23H29NO4/c1-16(15-27-22-13-7-6-12-21(22)26-3)24-23(25)17(2)28-20-14-8-10-18-9-4-5-11-19(18)20/h6-8,10,12-14,16-17H,4-5,9,11,15H2,1-3H3,(H,24,25)/t16-,17+/m1/s1. The maximum absolute atomic E-state index is 12.5. The van der Waals surface area contributed by atoms with Gasteiger partial charge in [-0.05, 0) is 68.9 Å². The van der Waals surface area contributed by atoms with E-state index in [9.17, 15) is 4.79 Å². The Morgan fingerprint density at radius 1 is 1.00 bits per heavy atom. The number of amides is 1. The van der Waals surface area contributed by atoms with Crippen LogP contribution in [0.25, 0.3) is 0 Å². The molecule has 2 aromatic carbocycles. The lowest BCUT2D eigenvalue weighted by molar-refractivity contribution is -0.128. The minimum absolute atomic E-state index is 0.149. The predicted molar refractivity (Wildman–Crippen MR) is 109 cm³/mol. The van der Waals surface area contributed by atoms with Crippen LogP contribution in [-0.2, 0) is 17.6 Å². The Morgan fingerprint density at radius 2 is 1.71 bits per heavy atom. The number of rotatable bonds is 8. The first-order chi connectivity index (χ1) is 13.6. The average molecular weight is 383 g/mol. The highest BCUT2D eigenvalue weighted by Crippen LogP contribution is 2.30. The molecule has 2 aromatic rings. The second-order valence-electron chi connectivity index (χ2n) is 7.23. The van der Waals surface area contributed by atoms with Crippen LogP contribution in [0.15, 0.2) is 42.5 Å². The number of para-hydroxylation sites is 2. The molecule has 5 nitrogen and oxygen atoms in total. The Labute approximate surface area is 167 Å². The molecule has 1 aliphatic rings. The first-order valence-corrected chi connectivity index (χ1v) is 9.92. The fraction of sp³-hybridized carbons (Fsp3) is 0.435. The lowest BCUT2D eigenvalue weighted by atomic mass is 9.91. The lowest BCUT2D eigenvalue weighted by Gasteiger charge is -2.23. The van der Waals surface area contributed by atoms with E-state index in [1.165, 1.54) is 24.0 Å². The number of carbonyl (C=O) groups is 1. The molecule has 0 saturated carbocycles. The molecule has 0 bridgehead atoms. The minimum atomic E-state index is -0.567. The quantitative estimate of drug-likeness (QED) is 0.751. The number of aryl methyl sites for hydroxylation is 1. The Kier molecular flexibility index (Phi) is 6.80. The summed E-state index contributed by atoms with van der Waals surface area (Å²) in [5, 5.41) is 2.96. The highest BCUT2D eigenvalue weighted by atomic mass is 16.5. The summed E-state index contributed by atoms with van der Waals surface area (Å²) in [5.74, 6) is 2.01. The van der Waals surface area contributed by atoms with Gasteiger partial charge in [0.1, 0.15) is 12.4 Å². The normalized spacial score (nSPS) is 15.1. The van der Waals surface area contributed by atoms with Crippen LogP contribution in [0.4, 0.5) is 0 Å². The summed E-state index contributed by atoms with van der Waals surface area (Å²) in [5.41, 5.74) is 2.59. The van der Waals surface area contributed by atoms with Gasteiger partial charge in [-0.1, -0.05) is 24.3 Å². The van der Waals surface area contributed by atoms with Crippen LogP contribution >= 0.6 is 0 Å². The average Bonchev–Trinajstić information content (AvgIpc) is 2.72. The molecule has 28 heavy (non-hydrogen) atoms. The van der Waals surface area contributed by atoms with Gasteiger partial charge < -0.3 is 19.5 Å². The maximum Gasteiger partial charge on any atom is 0.261 e. The van der Waals surface area contributed by atoms with E-state index in [1.54, 1.807) is 14.0 Å². The third-order valence-electron chi connectivity index (χ3n) is 4.97. The van der Waals surface area contributed by atoms with Gasteiger partial charge in [0.25, 0.3) is 5.91 Å². The summed E-state index contributed by atoms with van der Waals surface area (Å²) in [6.45, 7) is 4.04. The Hall–Kier alpha value is -2.69. The molecule has 0 aromatic heterocycles. The molecule has 0 aliphatic heterocycles. The Bertz CT molecular complexity index is 805. The van der Waals surface area contributed by atoms with Crippen LogP contribution in [0.2, 0.25) is 0 Å². The van der Waals surface area contributed by atoms with Crippen LogP contribution in [0, 0.1) is 0 Å². The summed E-state index contributed by atoms with van der Waals surface area (Å²) in [4.78, 5) is 12.5. The largest absolute Gasteiger partial charge is 0.493 e. The topological polar surface area (TPSA) is 56.8 Å². The third kappa shape index (κ3) is 4.97. The molecule has 0 saturated heterocycles. The molecule has 150 valence electrons. The third-order valence-corrected chi connectivity index (χ3v) is 4.97. The van der Waals surface area contributed by atoms with Gasteiger partial charge >= 0.3 is 0 Å². The van der Waals surface area contributed by atoms with Gasteiger partial charge in [0.15, 0.2) is 17.6 Å². The predicted octanol–water partition coefficient (Wildman–Crippen LogP) is 3.93. The number of fused-ring (bicyclic) bond motifs is 1. The number of benzene rings is 2. The van der Waals surface area contributed by atoms with Gasteiger partial charge in [-0.3, -0.25) is 4.79 Å². The van der Waals surface area contributed by atoms with Crippen molar-refractivity contribution in [3.05, 3.63) is 53.6 Å². The number of nitrogens with one attached hydrogen (secondary N) is 1. The van der Waals surface area contributed by atoms with Crippen LogP contribution in [0.3, 0.4) is 0 Å². The first kappa shape index (κ1) is 20.1. The molecule has 0 unspecified atom stereocenters. The van der Waals surface area contributed by atoms with Gasteiger partial charge in [0, 0.05) is 0 Å². The lowest BCUT2D eigenvalue weighted by Crippen LogP contribution is -2.43. The molecule has 1 aliphatic carbocycles. The molecule has 0 heterocycles. The fourth-order valence-electron chi connectivity index (χ4n) is 3.46. The first-order valence-electron chi connectivity index (χ1n) is 9.92. The van der Waals surface area contributed by atoms with Crippen molar-refractivity contribution in [1.29, 1.82) is 0 Å². The van der Waals surface area contributed by atoms with E-state index in [0.717, 1.165) is 18.6 Å². The summed E-state index contributed by atoms with van der Waals surface area (Å²) < 4.78 is 17.1. The van der Waals surface area contributed by atoms with Crippen LogP contribution < -0.4 is 19.5 Å². The van der Waals surface area contributed by atoms with Crippen molar-refractivity contribution in [1.82, 2.24) is 5.32 Å². The smallest absolute Gasteiger partial charge is 0.261 e. The zero-order valence-corrected chi connectivity index (χ0v) is 16.9. The van der Waals surface area contributed by atoms with E-state index in [0.29, 0.717) is 18.1 Å². The van der Waals surface area contributed by atoms with Crippen molar-refractivity contribution in [2.75, 3.05) is 13.7 Å². The van der Waals surface area contributed by atoms with Crippen LogP contribution in [0.1, 0.15) is 37.8 Å². The minimum Gasteiger partial charge on any atom is -0.493 e. The van der Waals surface area contributed by atoms with E-state index in [1.807, 2.05) is 43.3 Å². The fourth-order valence-corrected chi connectivity index (χ4v) is 3.46. The van der Waals surface area contributed by atoms with Gasteiger partial charge in [-0.25, -0.2) is 0 Å². The second-order valence-corrected chi connectivity index (χ2v) is 7.23. The second kappa shape index (κ2) is 9.49. The monoisotopic (exact) mass is 383 g/mol. The van der Waals surface area contributed by atoms with E-state index in [-0.39, 0.29) is 11.9 Å². The van der Waals surface area contributed by atoms with Crippen LogP contribution in [0.5, 0.6) is 17.2 Å². The van der Waals surface area contributed by atoms with Crippen LogP contribution in [-0.4, -0.2) is 31.8 Å². The number of methoxy groups -OCH3 is 1. The van der Waals surface area contributed by atoms with E-state index in [4.69, 9.17) is 14.2 Å². The Balaban J connectivity index is 1.53. The van der Waals surface area contributed by atoms with Crippen molar-refractivity contribution >= 4 is 5.91 Å². The van der Waals surface area contributed by atoms with Crippen molar-refractivity contribution in [3.8, 4) is 17.2 Å². The molecular weight excluding hydrogens is 354 g/mol. The summed E-state index contributed by atoms with van der Waals surface area (Å²) in [7, 11) is 1.61. The maximum atomic E-state index is 12.5. The SMILES string of the molecule is COc1ccccc1OC[C@@H](C)NC(=O)[C@H](C)Oc1cccc2c1CCCC2. The highest BCUT2D eigenvalue weighted by molar-refractivity contribution is 5.81. The van der Waals surface area contributed by atoms with Gasteiger partial charge in [0.2, 0.25) is 0 Å². The van der Waals surface area contributed by atoms with Crippen molar-refractivity contribution in [2.45, 2.75) is 51.7 Å². The number of ether oxygens (including phenoxy) is 3.